The number of hydrogen-bond acceptors (Lipinski definition) is 1. The van der Waals surface area contributed by atoms with Gasteiger partial charge < -0.3 is 0 Å². The van der Waals surface area contributed by atoms with Gasteiger partial charge in [-0.25, -0.2) is 0 Å². The van der Waals surface area contributed by atoms with Crippen LogP contribution >= 0.6 is 0 Å². The molecule has 0 aromatic heterocycles. The van der Waals surface area contributed by atoms with Crippen molar-refractivity contribution in [2.24, 2.45) is 0 Å². The van der Waals surface area contributed by atoms with Crippen molar-refractivity contribution in [1.29, 1.82) is 5.26 Å². The van der Waals surface area contributed by atoms with Crippen molar-refractivity contribution in [3.63, 3.8) is 0 Å². The highest BCUT2D eigenvalue weighted by atomic mass is 14.2. The molecule has 0 fully saturated rings. The summed E-state index contributed by atoms with van der Waals surface area (Å²) in [5, 5.41) is 8.94. The molecule has 1 heteroatoms. The van der Waals surface area contributed by atoms with E-state index < -0.39 is 0 Å². The molecule has 0 amide bonds. The van der Waals surface area contributed by atoms with Gasteiger partial charge in [0.1, 0.15) is 0 Å². The number of aryl methyl sites for hydroxylation is 1. The Labute approximate surface area is 117 Å². The zero-order valence-electron chi connectivity index (χ0n) is 12.6. The van der Waals surface area contributed by atoms with E-state index in [0.717, 1.165) is 11.1 Å². The summed E-state index contributed by atoms with van der Waals surface area (Å²) in [4.78, 5) is 0. The molecular weight excluding hydrogens is 230 g/mol. The zero-order valence-corrected chi connectivity index (χ0v) is 12.6. The first kappa shape index (κ1) is 16.9. The van der Waals surface area contributed by atoms with Crippen molar-refractivity contribution in [3.05, 3.63) is 65.3 Å². The van der Waals surface area contributed by atoms with Gasteiger partial charge in [0.2, 0.25) is 0 Å². The smallest absolute Gasteiger partial charge is 0.0991 e. The molecule has 19 heavy (non-hydrogen) atoms. The second kappa shape index (κ2) is 9.91. The molecule has 0 heterocycles. The highest BCUT2D eigenvalue weighted by molar-refractivity contribution is 5.77. The molecule has 1 aromatic carbocycles. The highest BCUT2D eigenvalue weighted by Crippen LogP contribution is 2.21. The lowest BCUT2D eigenvalue weighted by Crippen LogP contribution is -1.88. The summed E-state index contributed by atoms with van der Waals surface area (Å²) >= 11 is 0. The average molecular weight is 253 g/mol. The van der Waals surface area contributed by atoms with E-state index in [9.17, 15) is 0 Å². The topological polar surface area (TPSA) is 23.8 Å². The molecule has 0 saturated carbocycles. The fourth-order valence-electron chi connectivity index (χ4n) is 1.62. The normalized spacial score (nSPS) is 11.3. The minimum absolute atomic E-state index is 0.696. The summed E-state index contributed by atoms with van der Waals surface area (Å²) in [6, 6.07) is 7.95. The lowest BCUT2D eigenvalue weighted by molar-refractivity contribution is 1.39. The van der Waals surface area contributed by atoms with Crippen LogP contribution < -0.4 is 0 Å². The third kappa shape index (κ3) is 5.40. The van der Waals surface area contributed by atoms with E-state index in [1.807, 2.05) is 64.1 Å². The average Bonchev–Trinajstić information content (AvgIpc) is 2.46. The Balaban J connectivity index is 0.00000154. The summed E-state index contributed by atoms with van der Waals surface area (Å²) in [5.41, 5.74) is 4.11. The maximum absolute atomic E-state index is 8.94. The summed E-state index contributed by atoms with van der Waals surface area (Å²) < 4.78 is 0. The van der Waals surface area contributed by atoms with Crippen LogP contribution in [0.1, 0.15) is 44.4 Å². The van der Waals surface area contributed by atoms with Crippen LogP contribution in [-0.4, -0.2) is 0 Å². The first-order chi connectivity index (χ1) is 9.22. The summed E-state index contributed by atoms with van der Waals surface area (Å²) in [6.07, 6.45) is 10.1. The summed E-state index contributed by atoms with van der Waals surface area (Å²) in [7, 11) is 0. The molecular formula is C18H23N. The molecule has 0 aliphatic rings. The summed E-state index contributed by atoms with van der Waals surface area (Å²) in [6.45, 7) is 10.0. The Morgan fingerprint density at radius 2 is 1.84 bits per heavy atom. The van der Waals surface area contributed by atoms with Gasteiger partial charge in [-0.1, -0.05) is 50.3 Å². The Bertz CT molecular complexity index is 511. The van der Waals surface area contributed by atoms with Crippen LogP contribution in [0, 0.1) is 18.3 Å². The van der Waals surface area contributed by atoms with Gasteiger partial charge in [0.05, 0.1) is 11.6 Å². The molecule has 0 spiro atoms. The van der Waals surface area contributed by atoms with Gasteiger partial charge >= 0.3 is 0 Å². The predicted octanol–water partition coefficient (Wildman–Crippen LogP) is 5.43. The molecule has 0 aliphatic heterocycles. The fourth-order valence-corrected chi connectivity index (χ4v) is 1.62. The molecule has 1 rings (SSSR count). The first-order valence-electron chi connectivity index (χ1n) is 6.69. The van der Waals surface area contributed by atoms with Crippen LogP contribution in [0.2, 0.25) is 0 Å². The maximum atomic E-state index is 8.94. The van der Waals surface area contributed by atoms with Gasteiger partial charge in [-0.2, -0.15) is 5.26 Å². The van der Waals surface area contributed by atoms with Crippen molar-refractivity contribution in [3.8, 4) is 6.07 Å². The number of nitrogens with zero attached hydrogens (tertiary/aromatic N) is 1. The number of rotatable bonds is 3. The Morgan fingerprint density at radius 1 is 1.16 bits per heavy atom. The lowest BCUT2D eigenvalue weighted by Gasteiger charge is -2.07. The minimum Gasteiger partial charge on any atom is -0.192 e. The monoisotopic (exact) mass is 253 g/mol. The van der Waals surface area contributed by atoms with Crippen molar-refractivity contribution >= 4 is 5.57 Å². The number of allylic oxidation sites excluding steroid dienone is 6. The third-order valence-corrected chi connectivity index (χ3v) is 2.49. The minimum atomic E-state index is 0.696. The molecule has 0 N–H and O–H groups in total. The Hall–Kier alpha value is -2.07. The van der Waals surface area contributed by atoms with Gasteiger partial charge in [-0.05, 0) is 49.6 Å². The number of nitriles is 1. The van der Waals surface area contributed by atoms with Crippen LogP contribution in [-0.2, 0) is 0 Å². The van der Waals surface area contributed by atoms with Gasteiger partial charge in [-0.15, -0.1) is 0 Å². The molecule has 100 valence electrons. The predicted molar refractivity (Wildman–Crippen MR) is 84.8 cm³/mol. The van der Waals surface area contributed by atoms with Crippen LogP contribution in [0.15, 0.2) is 48.6 Å². The van der Waals surface area contributed by atoms with Crippen LogP contribution in [0.5, 0.6) is 0 Å². The molecule has 0 radical (unpaired) electrons. The molecule has 1 nitrogen and oxygen atoms in total. The lowest BCUT2D eigenvalue weighted by atomic mass is 9.97. The largest absolute Gasteiger partial charge is 0.192 e. The van der Waals surface area contributed by atoms with E-state index in [-0.39, 0.29) is 0 Å². The third-order valence-electron chi connectivity index (χ3n) is 2.49. The van der Waals surface area contributed by atoms with Gasteiger partial charge in [0, 0.05) is 0 Å². The number of benzene rings is 1. The van der Waals surface area contributed by atoms with E-state index in [1.54, 1.807) is 0 Å². The Kier molecular flexibility index (Phi) is 8.83. The Morgan fingerprint density at radius 3 is 2.37 bits per heavy atom. The maximum Gasteiger partial charge on any atom is 0.0991 e. The van der Waals surface area contributed by atoms with E-state index in [1.165, 1.54) is 5.56 Å². The van der Waals surface area contributed by atoms with E-state index in [2.05, 4.69) is 25.1 Å². The second-order valence-corrected chi connectivity index (χ2v) is 3.79. The van der Waals surface area contributed by atoms with Gasteiger partial charge in [-0.3, -0.25) is 0 Å². The number of hydrogen-bond donors (Lipinski definition) is 0. The molecule has 0 bridgehead atoms. The molecule has 0 unspecified atom stereocenters. The van der Waals surface area contributed by atoms with E-state index >= 15 is 0 Å². The van der Waals surface area contributed by atoms with Crippen LogP contribution in [0.3, 0.4) is 0 Å². The van der Waals surface area contributed by atoms with Crippen LogP contribution in [0.25, 0.3) is 5.57 Å². The van der Waals surface area contributed by atoms with E-state index in [4.69, 9.17) is 5.26 Å². The van der Waals surface area contributed by atoms with Crippen molar-refractivity contribution in [2.75, 3.05) is 0 Å². The standard InChI is InChI=1S/C16H17N.C2H6/c1-4-6-8-15(7-5-2)16-11-14(12-17)10-9-13(16)3;1-2/h4-11H,1-3H3;1-2H3/b6-4-,7-5-,15-8+;. The molecule has 0 saturated heterocycles. The second-order valence-electron chi connectivity index (χ2n) is 3.79. The quantitative estimate of drug-likeness (QED) is 0.659. The first-order valence-corrected chi connectivity index (χ1v) is 6.69. The van der Waals surface area contributed by atoms with Crippen molar-refractivity contribution in [2.45, 2.75) is 34.6 Å². The van der Waals surface area contributed by atoms with Crippen molar-refractivity contribution in [1.82, 2.24) is 0 Å². The van der Waals surface area contributed by atoms with Crippen molar-refractivity contribution < 1.29 is 0 Å². The summed E-state index contributed by atoms with van der Waals surface area (Å²) in [5.74, 6) is 0. The van der Waals surface area contributed by atoms with E-state index in [0.29, 0.717) is 5.56 Å². The fraction of sp³-hybridized carbons (Fsp3) is 0.278. The SMILES string of the molecule is CC.C\C=C/C=C(\C=C/C)c1cc(C#N)ccc1C. The highest BCUT2D eigenvalue weighted by Gasteiger charge is 2.03. The van der Waals surface area contributed by atoms with Gasteiger partial charge in [0.15, 0.2) is 0 Å². The molecule has 0 aliphatic carbocycles. The molecule has 0 atom stereocenters. The molecule has 1 aromatic rings. The van der Waals surface area contributed by atoms with Gasteiger partial charge in [0.25, 0.3) is 0 Å². The zero-order chi connectivity index (χ0) is 14.7. The van der Waals surface area contributed by atoms with Crippen LogP contribution in [0.4, 0.5) is 0 Å².